The van der Waals surface area contributed by atoms with Crippen LogP contribution < -0.4 is 10.2 Å². The minimum absolute atomic E-state index is 0.0259. The number of anilines is 1. The first kappa shape index (κ1) is 16.2. The van der Waals surface area contributed by atoms with Crippen molar-refractivity contribution in [2.45, 2.75) is 13.8 Å². The van der Waals surface area contributed by atoms with E-state index in [-0.39, 0.29) is 17.6 Å². The van der Waals surface area contributed by atoms with Crippen LogP contribution in [0.2, 0.25) is 0 Å². The zero-order valence-corrected chi connectivity index (χ0v) is 13.0. The minimum Gasteiger partial charge on any atom is -0.332 e. The number of nitrogens with one attached hydrogen (secondary N) is 2. The van der Waals surface area contributed by atoms with Crippen molar-refractivity contribution in [1.29, 1.82) is 0 Å². The fourth-order valence-corrected chi connectivity index (χ4v) is 2.56. The maximum Gasteiger partial charge on any atom is 0.279 e. The molecule has 1 heterocycles. The van der Waals surface area contributed by atoms with Crippen LogP contribution in [0.15, 0.2) is 24.3 Å². The normalized spacial score (nSPS) is 15.5. The standard InChI is InChI=1S/C16H21N3O3/c1-12(20)14-4-3-5-15(10-14)17-16(22)11-18-6-8-19(9-7-18)13(2)21/h3-5,10H,6-9,11H2,1-2H3,(H,17,22)/p+1. The van der Waals surface area contributed by atoms with Crippen LogP contribution in [0.5, 0.6) is 0 Å². The van der Waals surface area contributed by atoms with Crippen molar-refractivity contribution in [1.82, 2.24) is 4.90 Å². The first-order valence-electron chi connectivity index (χ1n) is 7.45. The minimum atomic E-state index is -0.0769. The van der Waals surface area contributed by atoms with E-state index in [2.05, 4.69) is 5.32 Å². The van der Waals surface area contributed by atoms with E-state index in [1.807, 2.05) is 0 Å². The lowest BCUT2D eigenvalue weighted by atomic mass is 10.1. The molecule has 0 saturated carbocycles. The maximum absolute atomic E-state index is 12.1. The SMILES string of the molecule is CC(=O)c1cccc(NC(=O)C[NH+]2CCN(C(C)=O)CC2)c1. The zero-order chi connectivity index (χ0) is 16.1. The number of hydrogen-bond donors (Lipinski definition) is 2. The van der Waals surface area contributed by atoms with E-state index in [0.717, 1.165) is 18.0 Å². The Hall–Kier alpha value is -2.21. The van der Waals surface area contributed by atoms with Gasteiger partial charge in [0.05, 0.1) is 26.2 Å². The molecule has 0 unspecified atom stereocenters. The van der Waals surface area contributed by atoms with Crippen LogP contribution >= 0.6 is 0 Å². The predicted molar refractivity (Wildman–Crippen MR) is 82.9 cm³/mol. The number of quaternary nitrogens is 1. The van der Waals surface area contributed by atoms with E-state index in [1.54, 1.807) is 36.1 Å². The number of amides is 2. The summed E-state index contributed by atoms with van der Waals surface area (Å²) < 4.78 is 0. The summed E-state index contributed by atoms with van der Waals surface area (Å²) >= 11 is 0. The molecule has 0 atom stereocenters. The van der Waals surface area contributed by atoms with Crippen molar-refractivity contribution in [2.75, 3.05) is 38.0 Å². The summed E-state index contributed by atoms with van der Waals surface area (Å²) in [6.45, 7) is 6.38. The van der Waals surface area contributed by atoms with E-state index >= 15 is 0 Å². The summed E-state index contributed by atoms with van der Waals surface area (Å²) in [4.78, 5) is 37.7. The fraction of sp³-hybridized carbons (Fsp3) is 0.438. The summed E-state index contributed by atoms with van der Waals surface area (Å²) in [6, 6.07) is 6.94. The van der Waals surface area contributed by atoms with Crippen molar-refractivity contribution < 1.29 is 19.3 Å². The van der Waals surface area contributed by atoms with Crippen LogP contribution in [-0.4, -0.2) is 55.2 Å². The second-order valence-electron chi connectivity index (χ2n) is 5.62. The summed E-state index contributed by atoms with van der Waals surface area (Å²) in [5, 5.41) is 2.83. The molecular formula is C16H22N3O3+. The molecule has 22 heavy (non-hydrogen) atoms. The molecule has 0 spiro atoms. The zero-order valence-electron chi connectivity index (χ0n) is 13.0. The van der Waals surface area contributed by atoms with Crippen LogP contribution in [0.3, 0.4) is 0 Å². The molecule has 6 nitrogen and oxygen atoms in total. The second-order valence-corrected chi connectivity index (χ2v) is 5.62. The van der Waals surface area contributed by atoms with Gasteiger partial charge in [-0.3, -0.25) is 14.4 Å². The second kappa shape index (κ2) is 7.17. The van der Waals surface area contributed by atoms with E-state index in [0.29, 0.717) is 30.9 Å². The quantitative estimate of drug-likeness (QED) is 0.742. The number of carbonyl (C=O) groups is 3. The summed E-state index contributed by atoms with van der Waals surface area (Å²) in [5.41, 5.74) is 1.22. The predicted octanol–water partition coefficient (Wildman–Crippen LogP) is -0.425. The summed E-state index contributed by atoms with van der Waals surface area (Å²) in [6.07, 6.45) is 0. The van der Waals surface area contributed by atoms with Crippen LogP contribution in [0.1, 0.15) is 24.2 Å². The molecule has 0 bridgehead atoms. The molecule has 1 aliphatic heterocycles. The van der Waals surface area contributed by atoms with Gasteiger partial charge >= 0.3 is 0 Å². The van der Waals surface area contributed by atoms with E-state index in [4.69, 9.17) is 0 Å². The Morgan fingerprint density at radius 3 is 2.45 bits per heavy atom. The molecule has 6 heteroatoms. The Labute approximate surface area is 130 Å². The molecule has 1 aliphatic rings. The smallest absolute Gasteiger partial charge is 0.279 e. The molecule has 0 aliphatic carbocycles. The average Bonchev–Trinajstić information content (AvgIpc) is 2.47. The van der Waals surface area contributed by atoms with Gasteiger partial charge in [0.2, 0.25) is 5.91 Å². The lowest BCUT2D eigenvalue weighted by molar-refractivity contribution is -0.895. The molecule has 1 aromatic carbocycles. The van der Waals surface area contributed by atoms with Gasteiger partial charge in [-0.25, -0.2) is 0 Å². The van der Waals surface area contributed by atoms with Gasteiger partial charge in [0, 0.05) is 18.2 Å². The Morgan fingerprint density at radius 1 is 1.18 bits per heavy atom. The van der Waals surface area contributed by atoms with Gasteiger partial charge in [0.25, 0.3) is 5.91 Å². The van der Waals surface area contributed by atoms with E-state index < -0.39 is 0 Å². The highest BCUT2D eigenvalue weighted by Gasteiger charge is 2.23. The van der Waals surface area contributed by atoms with Crippen molar-refractivity contribution in [2.24, 2.45) is 0 Å². The Kier molecular flexibility index (Phi) is 5.27. The first-order chi connectivity index (χ1) is 10.5. The fourth-order valence-electron chi connectivity index (χ4n) is 2.56. The van der Waals surface area contributed by atoms with Gasteiger partial charge < -0.3 is 15.1 Å². The van der Waals surface area contributed by atoms with Crippen molar-refractivity contribution in [3.05, 3.63) is 29.8 Å². The number of carbonyl (C=O) groups excluding carboxylic acids is 3. The molecule has 2 rings (SSSR count). The van der Waals surface area contributed by atoms with Gasteiger partial charge in [0.1, 0.15) is 0 Å². The maximum atomic E-state index is 12.1. The van der Waals surface area contributed by atoms with Crippen molar-refractivity contribution in [3.8, 4) is 0 Å². The van der Waals surface area contributed by atoms with Crippen molar-refractivity contribution >= 4 is 23.3 Å². The topological polar surface area (TPSA) is 70.9 Å². The largest absolute Gasteiger partial charge is 0.332 e. The van der Waals surface area contributed by atoms with Crippen molar-refractivity contribution in [3.63, 3.8) is 0 Å². The Bertz CT molecular complexity index is 578. The molecule has 1 aromatic rings. The molecule has 1 saturated heterocycles. The summed E-state index contributed by atoms with van der Waals surface area (Å²) in [5.74, 6) is -0.0152. The monoisotopic (exact) mass is 304 g/mol. The van der Waals surface area contributed by atoms with Gasteiger partial charge in [-0.2, -0.15) is 0 Å². The summed E-state index contributed by atoms with van der Waals surface area (Å²) in [7, 11) is 0. The molecule has 2 N–H and O–H groups in total. The number of rotatable bonds is 4. The van der Waals surface area contributed by atoms with E-state index in [1.165, 1.54) is 6.92 Å². The Morgan fingerprint density at radius 2 is 1.86 bits per heavy atom. The number of nitrogens with zero attached hydrogens (tertiary/aromatic N) is 1. The van der Waals surface area contributed by atoms with Gasteiger partial charge in [0.15, 0.2) is 12.3 Å². The molecule has 0 radical (unpaired) electrons. The number of ketones is 1. The van der Waals surface area contributed by atoms with Crippen LogP contribution in [-0.2, 0) is 9.59 Å². The highest BCUT2D eigenvalue weighted by atomic mass is 16.2. The number of Topliss-reactive ketones (excluding diaryl/α,β-unsaturated/α-hetero) is 1. The third-order valence-electron chi connectivity index (χ3n) is 3.88. The van der Waals surface area contributed by atoms with Crippen LogP contribution in [0.4, 0.5) is 5.69 Å². The Balaban J connectivity index is 1.85. The third-order valence-corrected chi connectivity index (χ3v) is 3.88. The molecule has 0 aromatic heterocycles. The van der Waals surface area contributed by atoms with Gasteiger partial charge in [-0.05, 0) is 19.1 Å². The average molecular weight is 304 g/mol. The van der Waals surface area contributed by atoms with Crippen LogP contribution in [0.25, 0.3) is 0 Å². The van der Waals surface area contributed by atoms with Gasteiger partial charge in [-0.15, -0.1) is 0 Å². The number of hydrogen-bond acceptors (Lipinski definition) is 3. The number of piperazine rings is 1. The molecular weight excluding hydrogens is 282 g/mol. The molecule has 1 fully saturated rings. The molecule has 118 valence electrons. The van der Waals surface area contributed by atoms with Gasteiger partial charge in [-0.1, -0.05) is 12.1 Å². The lowest BCUT2D eigenvalue weighted by Crippen LogP contribution is -3.15. The van der Waals surface area contributed by atoms with Crippen LogP contribution in [0, 0.1) is 0 Å². The first-order valence-corrected chi connectivity index (χ1v) is 7.45. The number of benzene rings is 1. The third kappa shape index (κ3) is 4.39. The highest BCUT2D eigenvalue weighted by Crippen LogP contribution is 2.10. The molecule has 2 amide bonds. The lowest BCUT2D eigenvalue weighted by Gasteiger charge is -2.31. The van der Waals surface area contributed by atoms with E-state index in [9.17, 15) is 14.4 Å². The highest BCUT2D eigenvalue weighted by molar-refractivity contribution is 5.97.